The number of rotatable bonds is 5. The van der Waals surface area contributed by atoms with Gasteiger partial charge in [-0.05, 0) is 18.9 Å². The minimum atomic E-state index is -0.337. The first-order chi connectivity index (χ1) is 12.1. The van der Waals surface area contributed by atoms with Crippen molar-refractivity contribution in [3.8, 4) is 0 Å². The number of carbonyl (C=O) groups excluding carboxylic acids is 2. The monoisotopic (exact) mass is 337 g/mol. The minimum Gasteiger partial charge on any atom is -0.393 e. The van der Waals surface area contributed by atoms with Crippen LogP contribution in [-0.2, 0) is 0 Å². The van der Waals surface area contributed by atoms with Crippen molar-refractivity contribution in [2.75, 3.05) is 13.6 Å². The molecule has 0 saturated heterocycles. The highest BCUT2D eigenvalue weighted by Crippen LogP contribution is 2.26. The maximum Gasteiger partial charge on any atom is 0.254 e. The summed E-state index contributed by atoms with van der Waals surface area (Å²) in [5.74, 6) is -0.219. The van der Waals surface area contributed by atoms with Gasteiger partial charge in [-0.1, -0.05) is 55.0 Å². The van der Waals surface area contributed by atoms with Crippen molar-refractivity contribution in [3.05, 3.63) is 71.3 Å². The van der Waals surface area contributed by atoms with Gasteiger partial charge in [-0.15, -0.1) is 0 Å². The molecule has 130 valence electrons. The van der Waals surface area contributed by atoms with E-state index in [-0.39, 0.29) is 23.7 Å². The van der Waals surface area contributed by atoms with E-state index in [2.05, 4.69) is 0 Å². The van der Waals surface area contributed by atoms with Crippen LogP contribution in [0.4, 0.5) is 0 Å². The first-order valence-electron chi connectivity index (χ1n) is 8.70. The lowest BCUT2D eigenvalue weighted by atomic mass is 9.97. The Morgan fingerprint density at radius 3 is 2.28 bits per heavy atom. The maximum atomic E-state index is 12.9. The van der Waals surface area contributed by atoms with Gasteiger partial charge >= 0.3 is 0 Å². The predicted molar refractivity (Wildman–Crippen MR) is 96.6 cm³/mol. The summed E-state index contributed by atoms with van der Waals surface area (Å²) in [6.07, 6.45) is 2.40. The number of ketones is 1. The highest BCUT2D eigenvalue weighted by molar-refractivity contribution is 6.15. The average molecular weight is 337 g/mol. The van der Waals surface area contributed by atoms with Gasteiger partial charge in [-0.3, -0.25) is 9.59 Å². The summed E-state index contributed by atoms with van der Waals surface area (Å²) >= 11 is 0. The zero-order valence-electron chi connectivity index (χ0n) is 14.4. The van der Waals surface area contributed by atoms with E-state index in [1.54, 1.807) is 48.3 Å². The number of aliphatic hydroxyl groups is 1. The van der Waals surface area contributed by atoms with Crippen molar-refractivity contribution in [2.45, 2.75) is 25.4 Å². The molecular weight excluding hydrogens is 314 g/mol. The Bertz CT molecular complexity index is 757. The van der Waals surface area contributed by atoms with Crippen molar-refractivity contribution >= 4 is 11.7 Å². The molecule has 2 aromatic carbocycles. The molecule has 0 aliphatic heterocycles. The molecule has 25 heavy (non-hydrogen) atoms. The van der Waals surface area contributed by atoms with Gasteiger partial charge in [-0.2, -0.15) is 0 Å². The van der Waals surface area contributed by atoms with Crippen LogP contribution in [0.5, 0.6) is 0 Å². The fourth-order valence-electron chi connectivity index (χ4n) is 3.48. The highest BCUT2D eigenvalue weighted by Gasteiger charge is 2.28. The van der Waals surface area contributed by atoms with Crippen LogP contribution >= 0.6 is 0 Å². The van der Waals surface area contributed by atoms with E-state index in [1.807, 2.05) is 18.2 Å². The molecule has 2 atom stereocenters. The van der Waals surface area contributed by atoms with Gasteiger partial charge < -0.3 is 10.0 Å². The molecule has 1 amide bonds. The Morgan fingerprint density at radius 1 is 1.00 bits per heavy atom. The van der Waals surface area contributed by atoms with E-state index in [1.165, 1.54) is 0 Å². The number of carbonyl (C=O) groups is 2. The molecule has 2 unspecified atom stereocenters. The summed E-state index contributed by atoms with van der Waals surface area (Å²) in [6.45, 7) is 0.508. The molecule has 1 aliphatic rings. The van der Waals surface area contributed by atoms with E-state index in [9.17, 15) is 14.7 Å². The third-order valence-corrected chi connectivity index (χ3v) is 4.91. The van der Waals surface area contributed by atoms with Crippen molar-refractivity contribution in [2.24, 2.45) is 5.92 Å². The van der Waals surface area contributed by atoms with Crippen molar-refractivity contribution in [1.82, 2.24) is 4.90 Å². The summed E-state index contributed by atoms with van der Waals surface area (Å²) in [4.78, 5) is 27.3. The number of amides is 1. The van der Waals surface area contributed by atoms with Gasteiger partial charge in [0, 0.05) is 30.6 Å². The fraction of sp³-hybridized carbons (Fsp3) is 0.333. The Kier molecular flexibility index (Phi) is 5.29. The van der Waals surface area contributed by atoms with E-state index in [0.717, 1.165) is 19.3 Å². The number of hydrogen-bond donors (Lipinski definition) is 1. The second-order valence-electron chi connectivity index (χ2n) is 6.68. The molecule has 0 radical (unpaired) electrons. The zero-order chi connectivity index (χ0) is 17.8. The third-order valence-electron chi connectivity index (χ3n) is 4.91. The molecule has 0 aromatic heterocycles. The first kappa shape index (κ1) is 17.4. The smallest absolute Gasteiger partial charge is 0.254 e. The van der Waals surface area contributed by atoms with E-state index >= 15 is 0 Å². The van der Waals surface area contributed by atoms with Crippen LogP contribution in [0.15, 0.2) is 54.6 Å². The summed E-state index contributed by atoms with van der Waals surface area (Å²) in [5, 5.41) is 9.99. The van der Waals surface area contributed by atoms with Gasteiger partial charge in [0.1, 0.15) is 0 Å². The molecule has 4 nitrogen and oxygen atoms in total. The van der Waals surface area contributed by atoms with E-state index < -0.39 is 0 Å². The number of hydrogen-bond acceptors (Lipinski definition) is 3. The molecule has 0 spiro atoms. The summed E-state index contributed by atoms with van der Waals surface area (Å²) < 4.78 is 0. The molecule has 0 heterocycles. The van der Waals surface area contributed by atoms with Crippen LogP contribution in [-0.4, -0.2) is 41.4 Å². The van der Waals surface area contributed by atoms with E-state index in [0.29, 0.717) is 23.2 Å². The first-order valence-corrected chi connectivity index (χ1v) is 8.70. The molecule has 4 heteroatoms. The molecule has 2 aromatic rings. The Morgan fingerprint density at radius 2 is 1.64 bits per heavy atom. The topological polar surface area (TPSA) is 57.6 Å². The normalized spacial score (nSPS) is 19.6. The van der Waals surface area contributed by atoms with Gasteiger partial charge in [0.25, 0.3) is 5.91 Å². The lowest BCUT2D eigenvalue weighted by molar-refractivity contribution is 0.0690. The molecule has 1 saturated carbocycles. The van der Waals surface area contributed by atoms with Crippen molar-refractivity contribution in [1.29, 1.82) is 0 Å². The minimum absolute atomic E-state index is 0.117. The molecular formula is C21H23NO3. The standard InChI is InChI=1S/C21H23NO3/c1-22(14-16-10-7-13-19(16)23)21(25)18-12-6-5-11-17(18)20(24)15-8-3-2-4-9-15/h2-6,8-9,11-12,16,19,23H,7,10,13-14H2,1H3. The largest absolute Gasteiger partial charge is 0.393 e. The van der Waals surface area contributed by atoms with Crippen LogP contribution in [0.1, 0.15) is 45.5 Å². The SMILES string of the molecule is CN(CC1CCCC1O)C(=O)c1ccccc1C(=O)c1ccccc1. The van der Waals surface area contributed by atoms with Crippen molar-refractivity contribution < 1.29 is 14.7 Å². The number of nitrogens with zero attached hydrogens (tertiary/aromatic N) is 1. The Labute approximate surface area is 148 Å². The lowest BCUT2D eigenvalue weighted by Crippen LogP contribution is -2.35. The predicted octanol–water partition coefficient (Wildman–Crippen LogP) is 3.15. The van der Waals surface area contributed by atoms with Gasteiger partial charge in [0.05, 0.1) is 11.7 Å². The summed E-state index contributed by atoms with van der Waals surface area (Å²) in [7, 11) is 1.73. The van der Waals surface area contributed by atoms with E-state index in [4.69, 9.17) is 0 Å². The Hall–Kier alpha value is -2.46. The molecule has 1 N–H and O–H groups in total. The fourth-order valence-corrected chi connectivity index (χ4v) is 3.48. The van der Waals surface area contributed by atoms with Crippen LogP contribution < -0.4 is 0 Å². The summed E-state index contributed by atoms with van der Waals surface area (Å²) in [6, 6.07) is 15.9. The second kappa shape index (κ2) is 7.62. The maximum absolute atomic E-state index is 12.9. The molecule has 0 bridgehead atoms. The van der Waals surface area contributed by atoms with Gasteiger partial charge in [0.15, 0.2) is 5.78 Å². The molecule has 1 aliphatic carbocycles. The Balaban J connectivity index is 1.82. The summed E-state index contributed by atoms with van der Waals surface area (Å²) in [5.41, 5.74) is 1.39. The van der Waals surface area contributed by atoms with Crippen LogP contribution in [0, 0.1) is 5.92 Å². The van der Waals surface area contributed by atoms with Crippen LogP contribution in [0.25, 0.3) is 0 Å². The zero-order valence-corrected chi connectivity index (χ0v) is 14.4. The van der Waals surface area contributed by atoms with Crippen LogP contribution in [0.3, 0.4) is 0 Å². The number of benzene rings is 2. The average Bonchev–Trinajstić information content (AvgIpc) is 3.06. The molecule has 1 fully saturated rings. The third kappa shape index (κ3) is 3.80. The second-order valence-corrected chi connectivity index (χ2v) is 6.68. The number of aliphatic hydroxyl groups excluding tert-OH is 1. The van der Waals surface area contributed by atoms with Gasteiger partial charge in [0.2, 0.25) is 0 Å². The highest BCUT2D eigenvalue weighted by atomic mass is 16.3. The lowest BCUT2D eigenvalue weighted by Gasteiger charge is -2.24. The van der Waals surface area contributed by atoms with Crippen LogP contribution in [0.2, 0.25) is 0 Å². The quantitative estimate of drug-likeness (QED) is 0.853. The van der Waals surface area contributed by atoms with Crippen molar-refractivity contribution in [3.63, 3.8) is 0 Å². The van der Waals surface area contributed by atoms with Gasteiger partial charge in [-0.25, -0.2) is 0 Å². The molecule has 3 rings (SSSR count).